The molecule has 2 aromatic rings. The largest absolute Gasteiger partial charge is 0.497 e. The third-order valence-corrected chi connectivity index (χ3v) is 3.65. The van der Waals surface area contributed by atoms with Gasteiger partial charge in [-0.15, -0.1) is 0 Å². The second kappa shape index (κ2) is 7.74. The molecule has 2 aromatic carbocycles. The van der Waals surface area contributed by atoms with E-state index in [1.165, 1.54) is 11.1 Å². The van der Waals surface area contributed by atoms with Crippen LogP contribution in [0.25, 0.3) is 0 Å². The first-order valence-corrected chi connectivity index (χ1v) is 7.73. The minimum Gasteiger partial charge on any atom is -0.497 e. The number of methoxy groups -OCH3 is 1. The summed E-state index contributed by atoms with van der Waals surface area (Å²) in [6, 6.07) is 13.8. The number of hydrogen-bond donors (Lipinski definition) is 2. The zero-order valence-corrected chi connectivity index (χ0v) is 14.6. The maximum absolute atomic E-state index is 5.26. The molecule has 0 unspecified atom stereocenters. The Bertz CT molecular complexity index is 724. The van der Waals surface area contributed by atoms with Gasteiger partial charge in [0.15, 0.2) is 5.11 Å². The van der Waals surface area contributed by atoms with Crippen molar-refractivity contribution in [3.63, 3.8) is 0 Å². The van der Waals surface area contributed by atoms with Gasteiger partial charge in [0.1, 0.15) is 5.75 Å². The van der Waals surface area contributed by atoms with Crippen LogP contribution in [0.2, 0.25) is 0 Å². The SMILES string of the molecule is COc1ccc(NC(=S)N/N=C(/C)c2cc(C)ccc2C)cc1. The molecule has 0 atom stereocenters. The van der Waals surface area contributed by atoms with Crippen LogP contribution in [0.5, 0.6) is 5.75 Å². The van der Waals surface area contributed by atoms with Gasteiger partial charge in [-0.25, -0.2) is 0 Å². The first-order chi connectivity index (χ1) is 11.0. The standard InChI is InChI=1S/C18H21N3OS/c1-12-5-6-13(2)17(11-12)14(3)20-21-18(23)19-15-7-9-16(22-4)10-8-15/h5-11H,1-4H3,(H2,19,21,23)/b20-14-. The molecular formula is C18H21N3OS. The van der Waals surface area contributed by atoms with Crippen LogP contribution < -0.4 is 15.5 Å². The first kappa shape index (κ1) is 17.0. The van der Waals surface area contributed by atoms with E-state index in [1.807, 2.05) is 31.2 Å². The van der Waals surface area contributed by atoms with Gasteiger partial charge in [-0.2, -0.15) is 5.10 Å². The predicted molar refractivity (Wildman–Crippen MR) is 100 cm³/mol. The van der Waals surface area contributed by atoms with Crippen LogP contribution in [0.4, 0.5) is 5.69 Å². The Labute approximate surface area is 142 Å². The lowest BCUT2D eigenvalue weighted by atomic mass is 10.0. The van der Waals surface area contributed by atoms with E-state index in [1.54, 1.807) is 7.11 Å². The average Bonchev–Trinajstić information content (AvgIpc) is 2.55. The van der Waals surface area contributed by atoms with Crippen molar-refractivity contribution in [3.05, 3.63) is 59.2 Å². The van der Waals surface area contributed by atoms with Crippen LogP contribution in [0.15, 0.2) is 47.6 Å². The summed E-state index contributed by atoms with van der Waals surface area (Å²) in [5, 5.41) is 7.89. The molecule has 0 radical (unpaired) electrons. The van der Waals surface area contributed by atoms with E-state index in [0.29, 0.717) is 5.11 Å². The minimum absolute atomic E-state index is 0.444. The molecular weight excluding hydrogens is 306 g/mol. The molecule has 0 bridgehead atoms. The van der Waals surface area contributed by atoms with Gasteiger partial charge >= 0.3 is 0 Å². The van der Waals surface area contributed by atoms with Crippen molar-refractivity contribution >= 4 is 28.7 Å². The zero-order chi connectivity index (χ0) is 16.8. The summed E-state index contributed by atoms with van der Waals surface area (Å²) < 4.78 is 5.12. The number of ether oxygens (including phenoxy) is 1. The van der Waals surface area contributed by atoms with Crippen molar-refractivity contribution in [2.45, 2.75) is 20.8 Å². The van der Waals surface area contributed by atoms with Gasteiger partial charge in [0.2, 0.25) is 0 Å². The summed E-state index contributed by atoms with van der Waals surface area (Å²) in [7, 11) is 1.64. The maximum atomic E-state index is 5.26. The van der Waals surface area contributed by atoms with Crippen molar-refractivity contribution in [2.75, 3.05) is 12.4 Å². The average molecular weight is 327 g/mol. The van der Waals surface area contributed by atoms with Crippen LogP contribution >= 0.6 is 12.2 Å². The summed E-state index contributed by atoms with van der Waals surface area (Å²) in [6.45, 7) is 6.10. The Morgan fingerprint density at radius 2 is 1.78 bits per heavy atom. The molecule has 0 aliphatic carbocycles. The highest BCUT2D eigenvalue weighted by molar-refractivity contribution is 7.80. The van der Waals surface area contributed by atoms with Gasteiger partial charge < -0.3 is 10.1 Å². The number of thiocarbonyl (C=S) groups is 1. The van der Waals surface area contributed by atoms with E-state index < -0.39 is 0 Å². The molecule has 0 heterocycles. The van der Waals surface area contributed by atoms with Crippen LogP contribution in [-0.2, 0) is 0 Å². The van der Waals surface area contributed by atoms with Crippen molar-refractivity contribution in [2.24, 2.45) is 5.10 Å². The number of anilines is 1. The number of hydrogen-bond acceptors (Lipinski definition) is 3. The lowest BCUT2D eigenvalue weighted by Crippen LogP contribution is -2.25. The highest BCUT2D eigenvalue weighted by atomic mass is 32.1. The second-order valence-corrected chi connectivity index (χ2v) is 5.72. The molecule has 2 N–H and O–H groups in total. The van der Waals surface area contributed by atoms with Gasteiger partial charge in [0.05, 0.1) is 12.8 Å². The summed E-state index contributed by atoms with van der Waals surface area (Å²) in [5.74, 6) is 0.804. The summed E-state index contributed by atoms with van der Waals surface area (Å²) in [4.78, 5) is 0. The number of benzene rings is 2. The number of aryl methyl sites for hydroxylation is 2. The molecule has 0 aliphatic rings. The van der Waals surface area contributed by atoms with Gasteiger partial charge in [0, 0.05) is 11.3 Å². The molecule has 0 saturated heterocycles. The fraction of sp³-hybridized carbons (Fsp3) is 0.222. The molecule has 0 saturated carbocycles. The lowest BCUT2D eigenvalue weighted by molar-refractivity contribution is 0.415. The summed E-state index contributed by atoms with van der Waals surface area (Å²) in [5.41, 5.74) is 8.16. The van der Waals surface area contributed by atoms with E-state index >= 15 is 0 Å². The molecule has 2 rings (SSSR count). The molecule has 4 nitrogen and oxygen atoms in total. The third kappa shape index (κ3) is 4.79. The van der Waals surface area contributed by atoms with Crippen molar-refractivity contribution < 1.29 is 4.74 Å². The Morgan fingerprint density at radius 3 is 2.43 bits per heavy atom. The van der Waals surface area contributed by atoms with Crippen LogP contribution in [0.1, 0.15) is 23.6 Å². The van der Waals surface area contributed by atoms with Crippen LogP contribution in [0, 0.1) is 13.8 Å². The molecule has 0 amide bonds. The van der Waals surface area contributed by atoms with E-state index in [-0.39, 0.29) is 0 Å². The van der Waals surface area contributed by atoms with Crippen molar-refractivity contribution in [1.82, 2.24) is 5.43 Å². The lowest BCUT2D eigenvalue weighted by Gasteiger charge is -2.10. The van der Waals surface area contributed by atoms with Crippen molar-refractivity contribution in [3.8, 4) is 5.75 Å². The molecule has 5 heteroatoms. The molecule has 23 heavy (non-hydrogen) atoms. The Balaban J connectivity index is 2.00. The third-order valence-electron chi connectivity index (χ3n) is 3.46. The quantitative estimate of drug-likeness (QED) is 0.506. The van der Waals surface area contributed by atoms with E-state index in [2.05, 4.69) is 47.9 Å². The Kier molecular flexibility index (Phi) is 5.71. The van der Waals surface area contributed by atoms with Crippen LogP contribution in [-0.4, -0.2) is 17.9 Å². The van der Waals surface area contributed by atoms with Crippen LogP contribution in [0.3, 0.4) is 0 Å². The fourth-order valence-corrected chi connectivity index (χ4v) is 2.32. The number of nitrogens with zero attached hydrogens (tertiary/aromatic N) is 1. The second-order valence-electron chi connectivity index (χ2n) is 5.31. The van der Waals surface area contributed by atoms with Gasteiger partial charge in [-0.3, -0.25) is 5.43 Å². The highest BCUT2D eigenvalue weighted by Crippen LogP contribution is 2.15. The van der Waals surface area contributed by atoms with Gasteiger partial charge in [0.25, 0.3) is 0 Å². The Morgan fingerprint density at radius 1 is 1.09 bits per heavy atom. The molecule has 0 fully saturated rings. The topological polar surface area (TPSA) is 45.6 Å². The maximum Gasteiger partial charge on any atom is 0.191 e. The summed E-state index contributed by atoms with van der Waals surface area (Å²) >= 11 is 5.26. The number of rotatable bonds is 4. The molecule has 120 valence electrons. The normalized spacial score (nSPS) is 11.0. The summed E-state index contributed by atoms with van der Waals surface area (Å²) in [6.07, 6.45) is 0. The molecule has 0 spiro atoms. The zero-order valence-electron chi connectivity index (χ0n) is 13.8. The fourth-order valence-electron chi connectivity index (χ4n) is 2.15. The van der Waals surface area contributed by atoms with Gasteiger partial charge in [-0.05, 0) is 68.9 Å². The molecule has 0 aromatic heterocycles. The minimum atomic E-state index is 0.444. The smallest absolute Gasteiger partial charge is 0.191 e. The van der Waals surface area contributed by atoms with E-state index in [0.717, 1.165) is 22.7 Å². The molecule has 0 aliphatic heterocycles. The van der Waals surface area contributed by atoms with E-state index in [4.69, 9.17) is 17.0 Å². The number of nitrogens with one attached hydrogen (secondary N) is 2. The number of hydrazone groups is 1. The van der Waals surface area contributed by atoms with Crippen molar-refractivity contribution in [1.29, 1.82) is 0 Å². The van der Waals surface area contributed by atoms with E-state index in [9.17, 15) is 0 Å². The predicted octanol–water partition coefficient (Wildman–Crippen LogP) is 4.02. The highest BCUT2D eigenvalue weighted by Gasteiger charge is 2.03. The Hall–Kier alpha value is -2.40. The first-order valence-electron chi connectivity index (χ1n) is 7.32. The van der Waals surface area contributed by atoms with Gasteiger partial charge in [-0.1, -0.05) is 17.7 Å². The monoisotopic (exact) mass is 327 g/mol.